The van der Waals surface area contributed by atoms with E-state index in [1.807, 2.05) is 37.4 Å². The molecule has 7 heteroatoms. The molecule has 0 saturated heterocycles. The lowest BCUT2D eigenvalue weighted by molar-refractivity contribution is 0.752. The molecule has 2 aromatic heterocycles. The molecule has 0 unspecified atom stereocenters. The van der Waals surface area contributed by atoms with Crippen LogP contribution in [0.3, 0.4) is 0 Å². The lowest BCUT2D eigenvalue weighted by Crippen LogP contribution is -2.01. The predicted molar refractivity (Wildman–Crippen MR) is 84.6 cm³/mol. The van der Waals surface area contributed by atoms with Crippen LogP contribution in [-0.4, -0.2) is 32.0 Å². The monoisotopic (exact) mass is 378 g/mol. The van der Waals surface area contributed by atoms with Gasteiger partial charge in [-0.25, -0.2) is 9.97 Å². The Morgan fingerprint density at radius 3 is 2.70 bits per heavy atom. The van der Waals surface area contributed by atoms with Crippen molar-refractivity contribution in [1.82, 2.24) is 25.0 Å². The van der Waals surface area contributed by atoms with E-state index >= 15 is 0 Å². The van der Waals surface area contributed by atoms with Crippen molar-refractivity contribution < 1.29 is 0 Å². The number of rotatable bonds is 3. The first kappa shape index (κ1) is 13.0. The van der Waals surface area contributed by atoms with Crippen molar-refractivity contribution in [2.45, 2.75) is 0 Å². The van der Waals surface area contributed by atoms with Crippen molar-refractivity contribution in [1.29, 1.82) is 0 Å². The van der Waals surface area contributed by atoms with E-state index in [1.165, 1.54) is 0 Å². The van der Waals surface area contributed by atoms with E-state index in [2.05, 4.69) is 48.1 Å². The van der Waals surface area contributed by atoms with Gasteiger partial charge in [-0.1, -0.05) is 18.2 Å². The Kier molecular flexibility index (Phi) is 3.59. The van der Waals surface area contributed by atoms with Gasteiger partial charge in [0.1, 0.15) is 5.82 Å². The van der Waals surface area contributed by atoms with E-state index in [9.17, 15) is 0 Å². The van der Waals surface area contributed by atoms with Crippen LogP contribution in [0.1, 0.15) is 0 Å². The van der Waals surface area contributed by atoms with Crippen LogP contribution in [0.15, 0.2) is 42.7 Å². The van der Waals surface area contributed by atoms with E-state index in [1.54, 1.807) is 17.2 Å². The van der Waals surface area contributed by atoms with Crippen LogP contribution in [0.2, 0.25) is 0 Å². The Hall–Kier alpha value is -2.03. The average Bonchev–Trinajstić information content (AvgIpc) is 2.98. The molecule has 6 nitrogen and oxygen atoms in total. The molecule has 0 radical (unpaired) electrons. The molecule has 1 aromatic carbocycles. The van der Waals surface area contributed by atoms with Gasteiger partial charge in [-0.05, 0) is 34.7 Å². The number of benzene rings is 1. The molecule has 0 aliphatic carbocycles. The third-order valence-corrected chi connectivity index (χ3v) is 3.48. The highest BCUT2D eigenvalue weighted by atomic mass is 127. The van der Waals surface area contributed by atoms with Crippen LogP contribution in [0.5, 0.6) is 0 Å². The Morgan fingerprint density at radius 2 is 1.95 bits per heavy atom. The van der Waals surface area contributed by atoms with Crippen LogP contribution < -0.4 is 5.32 Å². The van der Waals surface area contributed by atoms with Crippen molar-refractivity contribution in [3.63, 3.8) is 0 Å². The van der Waals surface area contributed by atoms with Gasteiger partial charge in [-0.3, -0.25) is 0 Å². The topological polar surface area (TPSA) is 68.5 Å². The lowest BCUT2D eigenvalue weighted by atomic mass is 10.3. The maximum Gasteiger partial charge on any atom is 0.183 e. The van der Waals surface area contributed by atoms with Crippen LogP contribution in [0, 0.1) is 3.57 Å². The summed E-state index contributed by atoms with van der Waals surface area (Å²) >= 11 is 2.18. The molecule has 0 saturated carbocycles. The first-order valence-electron chi connectivity index (χ1n) is 5.96. The van der Waals surface area contributed by atoms with Crippen LogP contribution >= 0.6 is 22.6 Å². The fourth-order valence-electron chi connectivity index (χ4n) is 1.72. The van der Waals surface area contributed by atoms with E-state index in [0.717, 1.165) is 15.1 Å². The number of nitrogens with zero attached hydrogens (tertiary/aromatic N) is 5. The Balaban J connectivity index is 1.98. The summed E-state index contributed by atoms with van der Waals surface area (Å²) in [5.41, 5.74) is 1.54. The molecule has 0 aliphatic heterocycles. The minimum atomic E-state index is 0.553. The average molecular weight is 378 g/mol. The van der Waals surface area contributed by atoms with E-state index in [4.69, 9.17) is 0 Å². The second-order valence-electron chi connectivity index (χ2n) is 3.99. The number of halogens is 1. The van der Waals surface area contributed by atoms with E-state index in [-0.39, 0.29) is 0 Å². The third-order valence-electron chi connectivity index (χ3n) is 2.69. The maximum atomic E-state index is 4.42. The minimum absolute atomic E-state index is 0.553. The summed E-state index contributed by atoms with van der Waals surface area (Å²) in [7, 11) is 1.83. The number of hydrogen-bond acceptors (Lipinski definition) is 5. The van der Waals surface area contributed by atoms with Crippen LogP contribution in [-0.2, 0) is 0 Å². The van der Waals surface area contributed by atoms with Gasteiger partial charge >= 0.3 is 0 Å². The number of anilines is 1. The standard InChI is InChI=1S/C13H11IN6/c1-15-12-10(14)7-16-13(18-12)11-8-17-20(19-11)9-5-3-2-4-6-9/h2-8H,1H3,(H,15,16,18). The molecule has 100 valence electrons. The van der Waals surface area contributed by atoms with Gasteiger partial charge in [0.15, 0.2) is 11.5 Å². The van der Waals surface area contributed by atoms with Crippen LogP contribution in [0.25, 0.3) is 17.2 Å². The first-order valence-corrected chi connectivity index (χ1v) is 7.04. The zero-order chi connectivity index (χ0) is 13.9. The number of para-hydroxylation sites is 1. The molecular weight excluding hydrogens is 367 g/mol. The summed E-state index contributed by atoms with van der Waals surface area (Å²) in [5, 5.41) is 11.7. The third kappa shape index (κ3) is 2.48. The molecule has 0 fully saturated rings. The lowest BCUT2D eigenvalue weighted by Gasteiger charge is -2.03. The SMILES string of the molecule is CNc1nc(-c2cnn(-c3ccccc3)n2)ncc1I. The molecule has 1 N–H and O–H groups in total. The van der Waals surface area contributed by atoms with Gasteiger partial charge in [-0.2, -0.15) is 9.90 Å². The minimum Gasteiger partial charge on any atom is -0.372 e. The fourth-order valence-corrected chi connectivity index (χ4v) is 2.25. The van der Waals surface area contributed by atoms with Crippen molar-refractivity contribution in [2.24, 2.45) is 0 Å². The molecule has 0 atom stereocenters. The molecule has 2 heterocycles. The summed E-state index contributed by atoms with van der Waals surface area (Å²) in [6.45, 7) is 0. The van der Waals surface area contributed by atoms with Crippen molar-refractivity contribution in [3.8, 4) is 17.2 Å². The molecule has 3 aromatic rings. The smallest absolute Gasteiger partial charge is 0.183 e. The number of aromatic nitrogens is 5. The summed E-state index contributed by atoms with van der Waals surface area (Å²) in [4.78, 5) is 10.3. The summed E-state index contributed by atoms with van der Waals surface area (Å²) in [5.74, 6) is 1.34. The largest absolute Gasteiger partial charge is 0.372 e. The second kappa shape index (κ2) is 5.53. The molecule has 3 rings (SSSR count). The maximum absolute atomic E-state index is 4.42. The van der Waals surface area contributed by atoms with Crippen LogP contribution in [0.4, 0.5) is 5.82 Å². The van der Waals surface area contributed by atoms with Gasteiger partial charge in [0, 0.05) is 13.2 Å². The molecule has 0 amide bonds. The predicted octanol–water partition coefficient (Wildman–Crippen LogP) is 2.37. The fraction of sp³-hybridized carbons (Fsp3) is 0.0769. The highest BCUT2D eigenvalue weighted by Crippen LogP contribution is 2.18. The Morgan fingerprint density at radius 1 is 1.15 bits per heavy atom. The van der Waals surface area contributed by atoms with E-state index in [0.29, 0.717) is 11.5 Å². The van der Waals surface area contributed by atoms with Gasteiger partial charge in [0.2, 0.25) is 0 Å². The second-order valence-corrected chi connectivity index (χ2v) is 5.16. The normalized spacial score (nSPS) is 10.5. The van der Waals surface area contributed by atoms with Gasteiger partial charge < -0.3 is 5.32 Å². The molecule has 0 aliphatic rings. The zero-order valence-corrected chi connectivity index (χ0v) is 12.8. The summed E-state index contributed by atoms with van der Waals surface area (Å²) in [6, 6.07) is 9.72. The highest BCUT2D eigenvalue weighted by molar-refractivity contribution is 14.1. The number of hydrogen-bond donors (Lipinski definition) is 1. The van der Waals surface area contributed by atoms with Gasteiger partial charge in [0.05, 0.1) is 15.5 Å². The summed E-state index contributed by atoms with van der Waals surface area (Å²) < 4.78 is 0.962. The summed E-state index contributed by atoms with van der Waals surface area (Å²) in [6.07, 6.45) is 3.42. The van der Waals surface area contributed by atoms with Crippen molar-refractivity contribution >= 4 is 28.4 Å². The highest BCUT2D eigenvalue weighted by Gasteiger charge is 2.10. The zero-order valence-electron chi connectivity index (χ0n) is 10.7. The van der Waals surface area contributed by atoms with Crippen molar-refractivity contribution in [3.05, 3.63) is 46.3 Å². The van der Waals surface area contributed by atoms with Crippen molar-refractivity contribution in [2.75, 3.05) is 12.4 Å². The quantitative estimate of drug-likeness (QED) is 0.709. The van der Waals surface area contributed by atoms with Gasteiger partial charge in [-0.15, -0.1) is 5.10 Å². The van der Waals surface area contributed by atoms with Gasteiger partial charge in [0.25, 0.3) is 0 Å². The Labute approximate surface area is 129 Å². The first-order chi connectivity index (χ1) is 9.78. The van der Waals surface area contributed by atoms with E-state index < -0.39 is 0 Å². The Bertz CT molecular complexity index is 725. The molecule has 20 heavy (non-hydrogen) atoms. The molecule has 0 spiro atoms. The molecule has 0 bridgehead atoms. The number of nitrogens with one attached hydrogen (secondary N) is 1. The molecular formula is C13H11IN6.